The third-order valence-corrected chi connectivity index (χ3v) is 14.3. The summed E-state index contributed by atoms with van der Waals surface area (Å²) >= 11 is 1.87. The summed E-state index contributed by atoms with van der Waals surface area (Å²) < 4.78 is 4.05. The Labute approximate surface area is 404 Å². The largest absolute Gasteiger partial charge is 2.00 e. The van der Waals surface area contributed by atoms with Crippen molar-refractivity contribution < 1.29 is 34.0 Å². The fraction of sp³-hybridized carbons (Fsp3) is 0.151. The van der Waals surface area contributed by atoms with E-state index in [4.69, 9.17) is 25.0 Å². The van der Waals surface area contributed by atoms with Crippen LogP contribution in [0.2, 0.25) is 0 Å². The van der Waals surface area contributed by atoms with Gasteiger partial charge in [0.2, 0.25) is 0 Å². The monoisotopic (exact) mass is 949 g/mol. The molecule has 3 N–H and O–H groups in total. The number of aromatic carboxylic acids is 1. The number of nitrogens with one attached hydrogen (secondary N) is 2. The van der Waals surface area contributed by atoms with Gasteiger partial charge >= 0.3 is 31.3 Å². The van der Waals surface area contributed by atoms with Gasteiger partial charge in [-0.05, 0) is 88.6 Å². The van der Waals surface area contributed by atoms with Gasteiger partial charge in [-0.25, -0.2) is 19.4 Å². The first-order valence-electron chi connectivity index (χ1n) is 21.6. The van der Waals surface area contributed by atoms with Crippen molar-refractivity contribution >= 4 is 81.2 Å². The van der Waals surface area contributed by atoms with Gasteiger partial charge in [0.15, 0.2) is 12.0 Å². The average molecular weight is 951 g/mol. The molecule has 0 saturated carbocycles. The van der Waals surface area contributed by atoms with Gasteiger partial charge in [-0.15, -0.1) is 0 Å². The Balaban J connectivity index is 0.00000263. The number of hydrogen-bond donors (Lipinski definition) is 3. The van der Waals surface area contributed by atoms with Crippen molar-refractivity contribution in [3.63, 3.8) is 0 Å². The number of aromatic nitrogens is 2. The zero-order chi connectivity index (χ0) is 44.1. The molecule has 3 unspecified atom stereocenters. The number of para-hydroxylation sites is 1. The fourth-order valence-electron chi connectivity index (χ4n) is 9.74. The SMILES string of the molecule is CC1CC(Nc2ccc(/C=C/C3Sc4ccccc4N3C)cc2)=Cc2c3[n-]c(c21)NC1c2ccccc2C(=[N+]1C)N=c1c2cc(C(=O)O)ccc2c(n1C)=NC1=NC(=N3)c2ccccc21.[CH3-].[Zn+2]. The number of hydrogen-bond acceptors (Lipinski definition) is 9. The molecule has 0 fully saturated rings. The van der Waals surface area contributed by atoms with Crippen molar-refractivity contribution in [1.29, 1.82) is 0 Å². The van der Waals surface area contributed by atoms with Crippen LogP contribution in [-0.4, -0.2) is 57.2 Å². The van der Waals surface area contributed by atoms with Crippen LogP contribution in [-0.2, 0) is 26.5 Å². The quantitative estimate of drug-likeness (QED) is 0.0890. The minimum absolute atomic E-state index is 0. The van der Waals surface area contributed by atoms with Crippen LogP contribution >= 0.6 is 11.8 Å². The van der Waals surface area contributed by atoms with Crippen molar-refractivity contribution in [3.8, 4) is 0 Å². The first-order valence-corrected chi connectivity index (χ1v) is 22.5. The Kier molecular flexibility index (Phi) is 11.1. The Bertz CT molecular complexity index is 3510. The van der Waals surface area contributed by atoms with E-state index in [9.17, 15) is 9.90 Å². The number of likely N-dealkylation sites (N-methyl/N-ethyl adjacent to an activating group) is 1. The zero-order valence-electron chi connectivity index (χ0n) is 37.7. The second-order valence-corrected chi connectivity index (χ2v) is 18.2. The molecule has 5 aliphatic rings. The zero-order valence-corrected chi connectivity index (χ0v) is 41.5. The Morgan fingerprint density at radius 1 is 0.866 bits per heavy atom. The van der Waals surface area contributed by atoms with E-state index in [0.29, 0.717) is 33.9 Å². The van der Waals surface area contributed by atoms with E-state index in [1.165, 1.54) is 10.6 Å². The third kappa shape index (κ3) is 7.26. The molecule has 1 aliphatic carbocycles. The summed E-state index contributed by atoms with van der Waals surface area (Å²) in [6.45, 7) is 2.24. The summed E-state index contributed by atoms with van der Waals surface area (Å²) in [6.07, 6.45) is 7.11. The molecule has 0 saturated heterocycles. The number of nitrogens with zero attached hydrogens (tertiary/aromatic N) is 8. The van der Waals surface area contributed by atoms with Crippen LogP contribution in [0, 0.1) is 7.43 Å². The van der Waals surface area contributed by atoms with Crippen molar-refractivity contribution in [1.82, 2.24) is 9.55 Å². The molecular weight excluding hydrogens is 906 g/mol. The van der Waals surface area contributed by atoms with Gasteiger partial charge in [-0.2, -0.15) is 0 Å². The summed E-state index contributed by atoms with van der Waals surface area (Å²) in [5, 5.41) is 19.3. The molecule has 7 aromatic rings. The molecule has 0 spiro atoms. The Morgan fingerprint density at radius 3 is 2.33 bits per heavy atom. The van der Waals surface area contributed by atoms with E-state index < -0.39 is 5.97 Å². The van der Waals surface area contributed by atoms with E-state index in [1.807, 2.05) is 72.9 Å². The maximum absolute atomic E-state index is 12.3. The third-order valence-electron chi connectivity index (χ3n) is 13.0. The normalized spacial score (nSPS) is 18.5. The second-order valence-electron chi connectivity index (χ2n) is 17.1. The van der Waals surface area contributed by atoms with E-state index in [1.54, 1.807) is 12.1 Å². The van der Waals surface area contributed by atoms with Crippen LogP contribution in [0.15, 0.2) is 152 Å². The molecule has 5 aromatic carbocycles. The topological polar surface area (TPSA) is 136 Å². The fourth-order valence-corrected chi connectivity index (χ4v) is 10.9. The average Bonchev–Trinajstić information content (AvgIpc) is 4.08. The van der Waals surface area contributed by atoms with Crippen LogP contribution in [0.4, 0.5) is 23.0 Å². The molecular formula is C53H45N10O2SZn+. The number of aliphatic imine (C=N–C) groups is 2. The molecule has 2 aromatic heterocycles. The molecule has 12 rings (SSSR count). The molecule has 12 nitrogen and oxygen atoms in total. The summed E-state index contributed by atoms with van der Waals surface area (Å²) in [4.78, 5) is 42.1. The van der Waals surface area contributed by atoms with Gasteiger partial charge < -0.3 is 38.0 Å². The standard InChI is InChI=1S/C52H42N10O2S.CH3.Zn/c1-28-25-32(53-31-21-17-29(18-22-31)19-24-42-60(2)40-15-9-10-16-41(40)65-42)27-39-43(28)47-56-46(39)55-44-33-11-5-6-12-34(33)45(54-44)57-49-37-23-20-30(52(63)64)26-38(37)51(62(49)4)59-50-36-14-8-7-13-35(36)48(58-47)61(50)3;;/h5-24,26-28,42,48H,25H2,1-4H3,(H3,53,54,55,56,57,58,63,64);1H3;/q;-1;+2/b24-19+,59-50?;;. The summed E-state index contributed by atoms with van der Waals surface area (Å²) in [5.41, 5.74) is 11.6. The Hall–Kier alpha value is -7.15. The van der Waals surface area contributed by atoms with Gasteiger partial charge in [-0.3, -0.25) is 4.57 Å². The number of fused-ring (bicyclic) bond motifs is 19. The number of benzene rings is 5. The number of carboxylic acids is 1. The molecule has 3 atom stereocenters. The van der Waals surface area contributed by atoms with Gasteiger partial charge in [0.05, 0.1) is 40.5 Å². The number of carboxylic acid groups (broad SMARTS) is 1. The minimum Gasteiger partial charge on any atom is -0.478 e. The predicted octanol–water partition coefficient (Wildman–Crippen LogP) is 9.13. The number of thioether (sulfide) groups is 1. The van der Waals surface area contributed by atoms with Gasteiger partial charge in [0.1, 0.15) is 5.49 Å². The van der Waals surface area contributed by atoms with Crippen LogP contribution in [0.1, 0.15) is 74.7 Å². The number of carbonyl (C=O) groups is 1. The molecule has 326 valence electrons. The summed E-state index contributed by atoms with van der Waals surface area (Å²) in [5.74, 6) is 2.16. The summed E-state index contributed by atoms with van der Waals surface area (Å²) in [7, 11) is 6.09. The first kappa shape index (κ1) is 43.7. The maximum atomic E-state index is 12.3. The van der Waals surface area contributed by atoms with Gasteiger partial charge in [-0.1, -0.05) is 97.6 Å². The number of rotatable bonds is 5. The van der Waals surface area contributed by atoms with Crippen LogP contribution in [0.3, 0.4) is 0 Å². The minimum atomic E-state index is -1.01. The van der Waals surface area contributed by atoms with Gasteiger partial charge in [0, 0.05) is 64.1 Å². The van der Waals surface area contributed by atoms with Crippen LogP contribution < -0.4 is 31.5 Å². The van der Waals surface area contributed by atoms with Crippen molar-refractivity contribution in [2.75, 3.05) is 29.6 Å². The smallest absolute Gasteiger partial charge is 0.478 e. The Morgan fingerprint density at radius 2 is 1.57 bits per heavy atom. The molecule has 67 heavy (non-hydrogen) atoms. The molecule has 8 bridgehead atoms. The van der Waals surface area contributed by atoms with E-state index in [0.717, 1.165) is 73.8 Å². The number of amidine groups is 3. The van der Waals surface area contributed by atoms with E-state index >= 15 is 0 Å². The predicted molar refractivity (Wildman–Crippen MR) is 265 cm³/mol. The van der Waals surface area contributed by atoms with E-state index in [2.05, 4.69) is 113 Å². The number of anilines is 3. The molecule has 0 amide bonds. The molecule has 4 aliphatic heterocycles. The molecule has 0 radical (unpaired) electrons. The summed E-state index contributed by atoms with van der Waals surface area (Å²) in [6, 6.07) is 38.5. The van der Waals surface area contributed by atoms with Crippen LogP contribution in [0.5, 0.6) is 0 Å². The van der Waals surface area contributed by atoms with Crippen LogP contribution in [0.25, 0.3) is 22.9 Å². The molecule has 6 heterocycles. The maximum Gasteiger partial charge on any atom is 2.00 e. The van der Waals surface area contributed by atoms with Crippen molar-refractivity contribution in [2.45, 2.75) is 35.7 Å². The molecule has 14 heteroatoms. The number of allylic oxidation sites excluding steroid dienone is 1. The van der Waals surface area contributed by atoms with Gasteiger partial charge in [0.25, 0.3) is 5.49 Å². The first-order chi connectivity index (χ1) is 31.7. The second kappa shape index (κ2) is 16.9. The van der Waals surface area contributed by atoms with Crippen molar-refractivity contribution in [2.24, 2.45) is 27.0 Å². The van der Waals surface area contributed by atoms with E-state index in [-0.39, 0.29) is 49.9 Å². The van der Waals surface area contributed by atoms with Crippen molar-refractivity contribution in [3.05, 3.63) is 190 Å².